The summed E-state index contributed by atoms with van der Waals surface area (Å²) in [5, 5.41) is 2.88. The van der Waals surface area contributed by atoms with Crippen LogP contribution in [0.2, 0.25) is 0 Å². The van der Waals surface area contributed by atoms with Crippen LogP contribution in [0.5, 0.6) is 0 Å². The molecule has 7 heteroatoms. The van der Waals surface area contributed by atoms with E-state index < -0.39 is 18.0 Å². The normalized spacial score (nSPS) is 12.7. The van der Waals surface area contributed by atoms with Gasteiger partial charge in [-0.1, -0.05) is 30.3 Å². The van der Waals surface area contributed by atoms with E-state index in [1.807, 2.05) is 37.3 Å². The molecule has 2 aromatic rings. The Hall–Kier alpha value is -3.09. The summed E-state index contributed by atoms with van der Waals surface area (Å²) in [5.74, 6) is -1.55. The molecule has 0 spiro atoms. The summed E-state index contributed by atoms with van der Waals surface area (Å²) < 4.78 is 10.3. The number of benzene rings is 1. The number of hydrogen-bond acceptors (Lipinski definition) is 5. The van der Waals surface area contributed by atoms with Crippen LogP contribution in [0.15, 0.2) is 30.3 Å². The molecule has 0 unspecified atom stereocenters. The highest BCUT2D eigenvalue weighted by Crippen LogP contribution is 2.20. The Morgan fingerprint density at radius 2 is 1.73 bits per heavy atom. The second-order valence-corrected chi connectivity index (χ2v) is 7.33. The molecule has 0 aliphatic rings. The van der Waals surface area contributed by atoms with E-state index in [-0.39, 0.29) is 29.8 Å². The molecule has 0 fully saturated rings. The van der Waals surface area contributed by atoms with Gasteiger partial charge in [0, 0.05) is 11.7 Å². The van der Waals surface area contributed by atoms with Crippen LogP contribution < -0.4 is 5.32 Å². The third kappa shape index (κ3) is 5.95. The van der Waals surface area contributed by atoms with Crippen molar-refractivity contribution in [2.24, 2.45) is 0 Å². The van der Waals surface area contributed by atoms with Gasteiger partial charge in [0.2, 0.25) is 0 Å². The summed E-state index contributed by atoms with van der Waals surface area (Å²) in [6.07, 6.45) is 0.654. The smallest absolute Gasteiger partial charge is 0.355 e. The van der Waals surface area contributed by atoms with Crippen molar-refractivity contribution in [1.82, 2.24) is 10.3 Å². The van der Waals surface area contributed by atoms with Gasteiger partial charge >= 0.3 is 11.9 Å². The van der Waals surface area contributed by atoms with Crippen molar-refractivity contribution in [3.05, 3.63) is 58.4 Å². The third-order valence-electron chi connectivity index (χ3n) is 4.87. The van der Waals surface area contributed by atoms with Gasteiger partial charge in [-0.3, -0.25) is 4.79 Å². The van der Waals surface area contributed by atoms with Crippen LogP contribution in [0, 0.1) is 13.8 Å². The lowest BCUT2D eigenvalue weighted by atomic mass is 10.1. The van der Waals surface area contributed by atoms with Crippen LogP contribution in [0.3, 0.4) is 0 Å². The Balaban J connectivity index is 1.93. The van der Waals surface area contributed by atoms with Crippen molar-refractivity contribution < 1.29 is 23.9 Å². The number of carbonyl (C=O) groups is 3. The van der Waals surface area contributed by atoms with E-state index in [2.05, 4.69) is 10.3 Å². The Labute approximate surface area is 177 Å². The average Bonchev–Trinajstić information content (AvgIpc) is 3.01. The lowest BCUT2D eigenvalue weighted by molar-refractivity contribution is -0.129. The van der Waals surface area contributed by atoms with Crippen molar-refractivity contribution >= 4 is 17.8 Å². The minimum atomic E-state index is -0.962. The van der Waals surface area contributed by atoms with Crippen LogP contribution in [-0.2, 0) is 20.7 Å². The van der Waals surface area contributed by atoms with E-state index in [1.165, 1.54) is 12.5 Å². The molecule has 0 saturated heterocycles. The van der Waals surface area contributed by atoms with E-state index in [1.54, 1.807) is 20.8 Å². The van der Waals surface area contributed by atoms with Crippen LogP contribution in [0.4, 0.5) is 0 Å². The first-order chi connectivity index (χ1) is 14.2. The lowest BCUT2D eigenvalue weighted by Crippen LogP contribution is -2.41. The maximum absolute atomic E-state index is 12.6. The van der Waals surface area contributed by atoms with Crippen molar-refractivity contribution in [1.29, 1.82) is 0 Å². The zero-order valence-corrected chi connectivity index (χ0v) is 18.2. The molecule has 30 heavy (non-hydrogen) atoms. The first-order valence-electron chi connectivity index (χ1n) is 10.2. The number of esters is 2. The number of nitrogens with one attached hydrogen (secondary N) is 2. The zero-order chi connectivity index (χ0) is 22.3. The molecule has 0 radical (unpaired) electrons. The van der Waals surface area contributed by atoms with E-state index in [4.69, 9.17) is 9.47 Å². The van der Waals surface area contributed by atoms with Gasteiger partial charge in [0.25, 0.3) is 5.91 Å². The summed E-state index contributed by atoms with van der Waals surface area (Å²) in [4.78, 5) is 39.9. The van der Waals surface area contributed by atoms with Crippen LogP contribution in [-0.4, -0.2) is 41.6 Å². The van der Waals surface area contributed by atoms with Crippen LogP contribution in [0.1, 0.15) is 64.9 Å². The summed E-state index contributed by atoms with van der Waals surface area (Å²) in [6, 6.07) is 9.96. The fourth-order valence-electron chi connectivity index (χ4n) is 3.20. The summed E-state index contributed by atoms with van der Waals surface area (Å²) in [6.45, 7) is 8.70. The number of aromatic nitrogens is 1. The van der Waals surface area contributed by atoms with Crippen molar-refractivity contribution in [2.75, 3.05) is 6.61 Å². The van der Waals surface area contributed by atoms with Gasteiger partial charge in [-0.25, -0.2) is 9.59 Å². The molecule has 0 saturated carbocycles. The number of ether oxygens (including phenoxy) is 2. The predicted octanol–water partition coefficient (Wildman–Crippen LogP) is 3.49. The Morgan fingerprint density at radius 1 is 1.07 bits per heavy atom. The molecule has 1 heterocycles. The number of aryl methyl sites for hydroxylation is 2. The highest BCUT2D eigenvalue weighted by Gasteiger charge is 2.27. The topological polar surface area (TPSA) is 97.5 Å². The number of hydrogen-bond donors (Lipinski definition) is 2. The van der Waals surface area contributed by atoms with Gasteiger partial charge in [0.15, 0.2) is 6.10 Å². The van der Waals surface area contributed by atoms with Crippen molar-refractivity contribution in [3.63, 3.8) is 0 Å². The van der Waals surface area contributed by atoms with E-state index in [0.717, 1.165) is 12.8 Å². The van der Waals surface area contributed by atoms with Gasteiger partial charge in [-0.2, -0.15) is 0 Å². The van der Waals surface area contributed by atoms with Crippen LogP contribution in [0.25, 0.3) is 0 Å². The Kier molecular flexibility index (Phi) is 8.21. The van der Waals surface area contributed by atoms with Crippen molar-refractivity contribution in [2.45, 2.75) is 59.6 Å². The molecular formula is C23H30N2O5. The van der Waals surface area contributed by atoms with E-state index >= 15 is 0 Å². The quantitative estimate of drug-likeness (QED) is 0.612. The molecule has 1 amide bonds. The molecule has 0 aliphatic heterocycles. The van der Waals surface area contributed by atoms with Gasteiger partial charge < -0.3 is 19.8 Å². The molecule has 1 aromatic carbocycles. The fraction of sp³-hybridized carbons (Fsp3) is 0.435. The van der Waals surface area contributed by atoms with E-state index in [0.29, 0.717) is 11.3 Å². The molecule has 2 N–H and O–H groups in total. The van der Waals surface area contributed by atoms with E-state index in [9.17, 15) is 14.4 Å². The average molecular weight is 415 g/mol. The lowest BCUT2D eigenvalue weighted by Gasteiger charge is -2.18. The monoisotopic (exact) mass is 414 g/mol. The third-order valence-corrected chi connectivity index (χ3v) is 4.87. The minimum Gasteiger partial charge on any atom is -0.461 e. The van der Waals surface area contributed by atoms with Crippen LogP contribution >= 0.6 is 0 Å². The summed E-state index contributed by atoms with van der Waals surface area (Å²) in [5.41, 5.74) is 2.60. The molecule has 2 rings (SSSR count). The minimum absolute atomic E-state index is 0.0648. The number of rotatable bonds is 9. The molecule has 0 aliphatic carbocycles. The first-order valence-corrected chi connectivity index (χ1v) is 10.2. The Bertz CT molecular complexity index is 888. The number of aromatic amines is 1. The SMILES string of the molecule is CCOC(=O)c1[nH]c(C)c(C(=O)O[C@H](C)C(=O)N[C@H](C)CCc2ccccc2)c1C. The number of amides is 1. The zero-order valence-electron chi connectivity index (χ0n) is 18.2. The largest absolute Gasteiger partial charge is 0.461 e. The highest BCUT2D eigenvalue weighted by atomic mass is 16.5. The highest BCUT2D eigenvalue weighted by molar-refractivity contribution is 5.99. The van der Waals surface area contributed by atoms with Gasteiger partial charge in [-0.15, -0.1) is 0 Å². The molecule has 2 atom stereocenters. The summed E-state index contributed by atoms with van der Waals surface area (Å²) in [7, 11) is 0. The molecule has 1 aromatic heterocycles. The van der Waals surface area contributed by atoms with Crippen molar-refractivity contribution in [3.8, 4) is 0 Å². The second-order valence-electron chi connectivity index (χ2n) is 7.33. The van der Waals surface area contributed by atoms with Gasteiger partial charge in [-0.05, 0) is 58.6 Å². The maximum atomic E-state index is 12.6. The second kappa shape index (κ2) is 10.6. The Morgan fingerprint density at radius 3 is 2.37 bits per heavy atom. The first kappa shape index (κ1) is 23.2. The number of carbonyl (C=O) groups excluding carboxylic acids is 3. The molecule has 7 nitrogen and oxygen atoms in total. The summed E-state index contributed by atoms with van der Waals surface area (Å²) >= 11 is 0. The predicted molar refractivity (Wildman–Crippen MR) is 113 cm³/mol. The molecular weight excluding hydrogens is 384 g/mol. The number of H-pyrrole nitrogens is 1. The fourth-order valence-corrected chi connectivity index (χ4v) is 3.20. The molecule has 162 valence electrons. The van der Waals surface area contributed by atoms with Gasteiger partial charge in [0.1, 0.15) is 5.69 Å². The molecule has 0 bridgehead atoms. The maximum Gasteiger partial charge on any atom is 0.355 e. The van der Waals surface area contributed by atoms with Gasteiger partial charge in [0.05, 0.1) is 12.2 Å². The standard InChI is InChI=1S/C23H30N2O5/c1-6-29-23(28)20-15(3)19(16(4)25-20)22(27)30-17(5)21(26)24-14(2)12-13-18-10-8-7-9-11-18/h7-11,14,17,25H,6,12-13H2,1-5H3,(H,24,26)/t14-,17-/m1/s1.